The normalized spacial score (nSPS) is 14.6. The van der Waals surface area contributed by atoms with Crippen LogP contribution >= 0.6 is 0 Å². The number of ether oxygens (including phenoxy) is 1. The molecule has 0 heterocycles. The maximum atomic E-state index is 14.2. The fourth-order valence-corrected chi connectivity index (χ4v) is 4.37. The van der Waals surface area contributed by atoms with Gasteiger partial charge in [-0.2, -0.15) is 0 Å². The fraction of sp³-hybridized carbons (Fsp3) is 0.700. The van der Waals surface area contributed by atoms with Crippen molar-refractivity contribution in [3.63, 3.8) is 0 Å². The van der Waals surface area contributed by atoms with Crippen molar-refractivity contribution in [2.45, 2.75) is 124 Å². The van der Waals surface area contributed by atoms with Crippen molar-refractivity contribution in [3.8, 4) is 5.75 Å². The molecule has 0 aliphatic heterocycles. The molecule has 0 aliphatic rings. The Kier molecular flexibility index (Phi) is 14.2. The van der Waals surface area contributed by atoms with E-state index in [9.17, 15) is 19.5 Å². The molecule has 1 aromatic carbocycles. The monoisotopic (exact) mass is 533 g/mol. The number of hydrogen-bond donors (Lipinski definition) is 3. The summed E-state index contributed by atoms with van der Waals surface area (Å²) in [6.07, 6.45) is 5.28. The number of rotatable bonds is 15. The lowest BCUT2D eigenvalue weighted by atomic mass is 9.95. The second-order valence-electron chi connectivity index (χ2n) is 11.3. The van der Waals surface area contributed by atoms with Crippen LogP contribution in [0.25, 0.3) is 0 Å². The summed E-state index contributed by atoms with van der Waals surface area (Å²) in [6.45, 7) is 15.6. The molecule has 0 bridgehead atoms. The van der Waals surface area contributed by atoms with Crippen molar-refractivity contribution in [3.05, 3.63) is 29.8 Å². The van der Waals surface area contributed by atoms with Crippen molar-refractivity contribution in [1.82, 2.24) is 15.5 Å². The first-order valence-electron chi connectivity index (χ1n) is 14.2. The molecule has 4 atom stereocenters. The first-order chi connectivity index (χ1) is 17.9. The van der Waals surface area contributed by atoms with E-state index in [1.165, 1.54) is 11.0 Å². The van der Waals surface area contributed by atoms with Gasteiger partial charge < -0.3 is 25.4 Å². The van der Waals surface area contributed by atoms with Gasteiger partial charge in [0.2, 0.25) is 11.8 Å². The number of carbonyl (C=O) groups is 3. The highest BCUT2D eigenvalue weighted by Gasteiger charge is 2.39. The lowest BCUT2D eigenvalue weighted by molar-refractivity contribution is -0.143. The maximum Gasteiger partial charge on any atom is 0.408 e. The Morgan fingerprint density at radius 3 is 2.18 bits per heavy atom. The van der Waals surface area contributed by atoms with Crippen LogP contribution in [0.2, 0.25) is 0 Å². The second-order valence-corrected chi connectivity index (χ2v) is 11.3. The van der Waals surface area contributed by atoms with E-state index in [-0.39, 0.29) is 29.5 Å². The first kappa shape index (κ1) is 33.3. The molecule has 3 amide bonds. The molecule has 0 aromatic heterocycles. The van der Waals surface area contributed by atoms with Crippen LogP contribution in [-0.4, -0.2) is 52.1 Å². The summed E-state index contributed by atoms with van der Waals surface area (Å²) >= 11 is 0. The van der Waals surface area contributed by atoms with Crippen molar-refractivity contribution in [2.75, 3.05) is 6.54 Å². The van der Waals surface area contributed by atoms with Gasteiger partial charge in [-0.3, -0.25) is 9.59 Å². The number of phenols is 1. The van der Waals surface area contributed by atoms with E-state index in [1.54, 1.807) is 39.0 Å². The highest BCUT2D eigenvalue weighted by Crippen LogP contribution is 2.31. The minimum Gasteiger partial charge on any atom is -0.508 e. The topological polar surface area (TPSA) is 108 Å². The van der Waals surface area contributed by atoms with E-state index in [1.807, 2.05) is 27.7 Å². The number of phenolic OH excluding ortho intramolecular Hbond substituents is 1. The standard InChI is InChI=1S/C30H51N3O5/c1-9-12-13-16-20-33(28(36)25(21(4)11-3)32-29(37)38-30(6,7)8)26(23-18-14-15-19-24(23)34)27(35)31-22(5)17-10-2/h14-15,18-19,21-22,25-26,34H,9-13,16-17,20H2,1-8H3,(H,31,35)(H,32,37). The summed E-state index contributed by atoms with van der Waals surface area (Å²) in [5.74, 6) is -0.979. The Labute approximate surface area is 229 Å². The minimum absolute atomic E-state index is 0.0534. The second kappa shape index (κ2) is 16.2. The van der Waals surface area contributed by atoms with Crippen LogP contribution < -0.4 is 10.6 Å². The number of nitrogens with one attached hydrogen (secondary N) is 2. The van der Waals surface area contributed by atoms with Crippen molar-refractivity contribution < 1.29 is 24.2 Å². The summed E-state index contributed by atoms with van der Waals surface area (Å²) < 4.78 is 5.46. The molecule has 3 N–H and O–H groups in total. The summed E-state index contributed by atoms with van der Waals surface area (Å²) in [5.41, 5.74) is -0.363. The molecule has 4 unspecified atom stereocenters. The Hall–Kier alpha value is -2.77. The molecular formula is C30H51N3O5. The molecule has 0 spiro atoms. The molecule has 216 valence electrons. The zero-order chi connectivity index (χ0) is 28.9. The van der Waals surface area contributed by atoms with Gasteiger partial charge in [0.05, 0.1) is 0 Å². The Morgan fingerprint density at radius 1 is 0.974 bits per heavy atom. The number of nitrogens with zero attached hydrogens (tertiary/aromatic N) is 1. The summed E-state index contributed by atoms with van der Waals surface area (Å²) in [5, 5.41) is 16.6. The van der Waals surface area contributed by atoms with Gasteiger partial charge in [-0.1, -0.05) is 78.0 Å². The summed E-state index contributed by atoms with van der Waals surface area (Å²) in [4.78, 5) is 42.3. The van der Waals surface area contributed by atoms with Crippen LogP contribution in [0, 0.1) is 5.92 Å². The molecule has 0 saturated carbocycles. The lowest BCUT2D eigenvalue weighted by Gasteiger charge is -2.36. The summed E-state index contributed by atoms with van der Waals surface area (Å²) in [7, 11) is 0. The third-order valence-electron chi connectivity index (χ3n) is 6.59. The zero-order valence-electron chi connectivity index (χ0n) is 24.8. The van der Waals surface area contributed by atoms with E-state index in [0.717, 1.165) is 32.1 Å². The van der Waals surface area contributed by atoms with Gasteiger partial charge in [0, 0.05) is 18.2 Å². The van der Waals surface area contributed by atoms with Crippen LogP contribution in [0.15, 0.2) is 24.3 Å². The number of unbranched alkanes of at least 4 members (excludes halogenated alkanes) is 3. The fourth-order valence-electron chi connectivity index (χ4n) is 4.37. The van der Waals surface area contributed by atoms with Gasteiger partial charge in [0.15, 0.2) is 0 Å². The average molecular weight is 534 g/mol. The third-order valence-corrected chi connectivity index (χ3v) is 6.59. The zero-order valence-corrected chi connectivity index (χ0v) is 24.8. The quantitative estimate of drug-likeness (QED) is 0.237. The van der Waals surface area contributed by atoms with Gasteiger partial charge >= 0.3 is 6.09 Å². The van der Waals surface area contributed by atoms with E-state index < -0.39 is 23.8 Å². The number of hydrogen-bond acceptors (Lipinski definition) is 5. The highest BCUT2D eigenvalue weighted by atomic mass is 16.6. The molecule has 0 aliphatic carbocycles. The van der Waals surface area contributed by atoms with Gasteiger partial charge in [0.1, 0.15) is 23.4 Å². The van der Waals surface area contributed by atoms with E-state index in [0.29, 0.717) is 24.9 Å². The minimum atomic E-state index is -1.04. The Morgan fingerprint density at radius 2 is 1.63 bits per heavy atom. The van der Waals surface area contributed by atoms with Crippen LogP contribution in [0.3, 0.4) is 0 Å². The van der Waals surface area contributed by atoms with E-state index in [2.05, 4.69) is 17.6 Å². The van der Waals surface area contributed by atoms with Gasteiger partial charge in [-0.15, -0.1) is 0 Å². The SMILES string of the molecule is CCCCCCN(C(=O)C(NC(=O)OC(C)(C)C)C(C)CC)C(C(=O)NC(C)CCC)c1ccccc1O. The van der Waals surface area contributed by atoms with Gasteiger partial charge in [0.25, 0.3) is 0 Å². The molecule has 8 nitrogen and oxygen atoms in total. The van der Waals surface area contributed by atoms with Crippen LogP contribution in [0.4, 0.5) is 4.79 Å². The summed E-state index contributed by atoms with van der Waals surface area (Å²) in [6, 6.07) is 4.60. The molecule has 8 heteroatoms. The smallest absolute Gasteiger partial charge is 0.408 e. The number of amides is 3. The van der Waals surface area contributed by atoms with Crippen molar-refractivity contribution in [2.24, 2.45) is 5.92 Å². The van der Waals surface area contributed by atoms with Gasteiger partial charge in [-0.25, -0.2) is 4.79 Å². The number of alkyl carbamates (subject to hydrolysis) is 1. The first-order valence-corrected chi connectivity index (χ1v) is 14.2. The third kappa shape index (κ3) is 10.9. The van der Waals surface area contributed by atoms with Gasteiger partial charge in [-0.05, 0) is 52.5 Å². The van der Waals surface area contributed by atoms with Crippen LogP contribution in [-0.2, 0) is 14.3 Å². The maximum absolute atomic E-state index is 14.2. The highest BCUT2D eigenvalue weighted by molar-refractivity contribution is 5.92. The number of carbonyl (C=O) groups excluding carboxylic acids is 3. The molecule has 0 fully saturated rings. The number of aromatic hydroxyl groups is 1. The Bertz CT molecular complexity index is 883. The molecular weight excluding hydrogens is 482 g/mol. The average Bonchev–Trinajstić information content (AvgIpc) is 2.83. The molecule has 1 aromatic rings. The molecule has 0 saturated heterocycles. The van der Waals surface area contributed by atoms with Crippen molar-refractivity contribution in [1.29, 1.82) is 0 Å². The van der Waals surface area contributed by atoms with Crippen molar-refractivity contribution >= 4 is 17.9 Å². The lowest BCUT2D eigenvalue weighted by Crippen LogP contribution is -2.55. The largest absolute Gasteiger partial charge is 0.508 e. The number of benzene rings is 1. The molecule has 38 heavy (non-hydrogen) atoms. The Balaban J connectivity index is 3.54. The van der Waals surface area contributed by atoms with Crippen LogP contribution in [0.5, 0.6) is 5.75 Å². The molecule has 0 radical (unpaired) electrons. The van der Waals surface area contributed by atoms with Crippen LogP contribution in [0.1, 0.15) is 112 Å². The van der Waals surface area contributed by atoms with E-state index >= 15 is 0 Å². The predicted octanol–water partition coefficient (Wildman–Crippen LogP) is 6.09. The molecule has 1 rings (SSSR count). The number of para-hydroxylation sites is 1. The predicted molar refractivity (Wildman–Crippen MR) is 152 cm³/mol. The van der Waals surface area contributed by atoms with E-state index in [4.69, 9.17) is 4.74 Å².